The molecule has 2 aromatic rings. The molecule has 0 unspecified atom stereocenters. The van der Waals surface area contributed by atoms with Crippen LogP contribution in [0, 0.1) is 0 Å². The number of carbonyl (C=O) groups is 1. The third-order valence-electron chi connectivity index (χ3n) is 5.23. The number of sulfonamides is 1. The summed E-state index contributed by atoms with van der Waals surface area (Å²) in [5.74, 6) is -0.226. The second kappa shape index (κ2) is 5.79. The summed E-state index contributed by atoms with van der Waals surface area (Å²) in [5.41, 5.74) is 3.58. The number of fused-ring (bicyclic) bond motifs is 1. The summed E-state index contributed by atoms with van der Waals surface area (Å²) in [5, 5.41) is 5.18. The van der Waals surface area contributed by atoms with Crippen LogP contribution in [0.3, 0.4) is 0 Å². The number of hydrogen-bond acceptors (Lipinski definition) is 4. The van der Waals surface area contributed by atoms with E-state index in [0.29, 0.717) is 6.54 Å². The summed E-state index contributed by atoms with van der Waals surface area (Å²) in [6.07, 6.45) is 7.11. The number of nitrogens with zero attached hydrogens (tertiary/aromatic N) is 2. The van der Waals surface area contributed by atoms with E-state index in [1.807, 2.05) is 18.2 Å². The third kappa shape index (κ3) is 2.66. The number of hydrogen-bond donors (Lipinski definition) is 1. The lowest BCUT2D eigenvalue weighted by Gasteiger charge is -2.28. The lowest BCUT2D eigenvalue weighted by molar-refractivity contribution is -0.112. The van der Waals surface area contributed by atoms with Crippen LogP contribution in [-0.2, 0) is 27.7 Å². The number of benzene rings is 2. The zero-order valence-corrected chi connectivity index (χ0v) is 15.3. The van der Waals surface area contributed by atoms with E-state index in [0.717, 1.165) is 23.9 Å². The highest BCUT2D eigenvalue weighted by Crippen LogP contribution is 2.35. The first-order valence-corrected chi connectivity index (χ1v) is 10.5. The van der Waals surface area contributed by atoms with Gasteiger partial charge in [-0.2, -0.15) is 0 Å². The summed E-state index contributed by atoms with van der Waals surface area (Å²) in [4.78, 5) is 14.6. The third-order valence-corrected chi connectivity index (χ3v) is 6.38. The van der Waals surface area contributed by atoms with Crippen LogP contribution < -0.4 is 5.32 Å². The molecule has 1 N–H and O–H groups in total. The maximum absolute atomic E-state index is 12.9. The second-order valence-corrected chi connectivity index (χ2v) is 8.64. The molecule has 0 fully saturated rings. The molecule has 7 heteroatoms. The average molecular weight is 379 g/mol. The predicted molar refractivity (Wildman–Crippen MR) is 105 cm³/mol. The molecular formula is C20H17N3O3S. The van der Waals surface area contributed by atoms with Crippen molar-refractivity contribution < 1.29 is 13.2 Å². The first kappa shape index (κ1) is 16.3. The van der Waals surface area contributed by atoms with Gasteiger partial charge >= 0.3 is 0 Å². The molecule has 0 bridgehead atoms. The van der Waals surface area contributed by atoms with Crippen molar-refractivity contribution in [2.24, 2.45) is 4.40 Å². The van der Waals surface area contributed by atoms with Crippen LogP contribution in [0.5, 0.6) is 0 Å². The van der Waals surface area contributed by atoms with Gasteiger partial charge in [-0.05, 0) is 47.6 Å². The van der Waals surface area contributed by atoms with Crippen molar-refractivity contribution in [3.8, 4) is 0 Å². The molecule has 0 aromatic heterocycles. The lowest BCUT2D eigenvalue weighted by atomic mass is 10.0. The van der Waals surface area contributed by atoms with Crippen LogP contribution in [0.25, 0.3) is 10.8 Å². The smallest absolute Gasteiger partial charge is 0.259 e. The number of carbonyl (C=O) groups excluding carboxylic acids is 1. The quantitative estimate of drug-likeness (QED) is 0.869. The first-order chi connectivity index (χ1) is 13.0. The number of amidine groups is 1. The van der Waals surface area contributed by atoms with E-state index < -0.39 is 10.0 Å². The Morgan fingerprint density at radius 1 is 1.11 bits per heavy atom. The number of allylic oxidation sites excluding steroid dienone is 2. The van der Waals surface area contributed by atoms with Crippen LogP contribution in [0.15, 0.2) is 58.7 Å². The fourth-order valence-electron chi connectivity index (χ4n) is 3.94. The average Bonchev–Trinajstić information content (AvgIpc) is 3.07. The number of anilines is 1. The largest absolute Gasteiger partial charge is 0.331 e. The molecule has 2 heterocycles. The number of rotatable bonds is 2. The molecule has 1 amide bonds. The van der Waals surface area contributed by atoms with Crippen molar-refractivity contribution in [1.29, 1.82) is 0 Å². The highest BCUT2D eigenvalue weighted by Gasteiger charge is 2.30. The fourth-order valence-corrected chi connectivity index (χ4v) is 4.92. The minimum atomic E-state index is -3.54. The molecule has 2 aromatic carbocycles. The van der Waals surface area contributed by atoms with Gasteiger partial charge in [-0.3, -0.25) is 4.79 Å². The summed E-state index contributed by atoms with van der Waals surface area (Å²) in [6.45, 7) is 0.295. The zero-order chi connectivity index (χ0) is 18.6. The second-order valence-electron chi connectivity index (χ2n) is 6.88. The molecule has 2 aliphatic heterocycles. The summed E-state index contributed by atoms with van der Waals surface area (Å²) < 4.78 is 27.6. The van der Waals surface area contributed by atoms with Crippen molar-refractivity contribution in [2.75, 3.05) is 17.6 Å². The summed E-state index contributed by atoms with van der Waals surface area (Å²) in [6, 6.07) is 10.1. The highest BCUT2D eigenvalue weighted by atomic mass is 32.2. The van der Waals surface area contributed by atoms with Crippen molar-refractivity contribution >= 4 is 38.2 Å². The van der Waals surface area contributed by atoms with Gasteiger partial charge in [-0.25, -0.2) is 8.42 Å². The van der Waals surface area contributed by atoms with Crippen LogP contribution in [-0.4, -0.2) is 37.4 Å². The lowest BCUT2D eigenvalue weighted by Crippen LogP contribution is -2.40. The fraction of sp³-hybridized carbons (Fsp3) is 0.200. The van der Waals surface area contributed by atoms with E-state index in [2.05, 4.69) is 21.8 Å². The molecule has 0 spiro atoms. The van der Waals surface area contributed by atoms with Crippen molar-refractivity contribution in [3.63, 3.8) is 0 Å². The normalized spacial score (nSPS) is 19.5. The van der Waals surface area contributed by atoms with Crippen LogP contribution in [0.1, 0.15) is 11.1 Å². The number of nitrogens with one attached hydrogen (secondary N) is 1. The zero-order valence-electron chi connectivity index (χ0n) is 14.5. The van der Waals surface area contributed by atoms with Crippen molar-refractivity contribution in [3.05, 3.63) is 65.4 Å². The molecule has 0 saturated carbocycles. The first-order valence-electron chi connectivity index (χ1n) is 8.85. The molecule has 0 radical (unpaired) electrons. The topological polar surface area (TPSA) is 78.8 Å². The predicted octanol–water partition coefficient (Wildman–Crippen LogP) is 2.37. The van der Waals surface area contributed by atoms with Gasteiger partial charge in [0.25, 0.3) is 15.9 Å². The highest BCUT2D eigenvalue weighted by molar-refractivity contribution is 7.90. The molecule has 5 rings (SSSR count). The van der Waals surface area contributed by atoms with Gasteiger partial charge in [0.2, 0.25) is 0 Å². The molecule has 0 saturated heterocycles. The van der Waals surface area contributed by atoms with Gasteiger partial charge in [-0.1, -0.05) is 24.3 Å². The summed E-state index contributed by atoms with van der Waals surface area (Å²) in [7, 11) is -3.54. The molecule has 6 nitrogen and oxygen atoms in total. The maximum atomic E-state index is 12.9. The van der Waals surface area contributed by atoms with Crippen LogP contribution in [0.4, 0.5) is 5.69 Å². The Morgan fingerprint density at radius 3 is 2.78 bits per heavy atom. The molecule has 27 heavy (non-hydrogen) atoms. The number of amides is 1. The van der Waals surface area contributed by atoms with E-state index >= 15 is 0 Å². The Kier molecular flexibility index (Phi) is 3.48. The number of aryl methyl sites for hydroxylation is 2. The molecule has 1 aliphatic carbocycles. The molecule has 136 valence electrons. The molecule has 3 aliphatic rings. The Bertz CT molecular complexity index is 1180. The van der Waals surface area contributed by atoms with Crippen molar-refractivity contribution in [1.82, 2.24) is 4.90 Å². The van der Waals surface area contributed by atoms with Gasteiger partial charge in [0.15, 0.2) is 5.84 Å². The monoisotopic (exact) mass is 379 g/mol. The van der Waals surface area contributed by atoms with E-state index in [1.165, 1.54) is 16.5 Å². The minimum absolute atomic E-state index is 0.0510. The van der Waals surface area contributed by atoms with Gasteiger partial charge in [0.05, 0.1) is 11.3 Å². The van der Waals surface area contributed by atoms with Crippen molar-refractivity contribution in [2.45, 2.75) is 12.8 Å². The van der Waals surface area contributed by atoms with E-state index in [1.54, 1.807) is 23.3 Å². The standard InChI is InChI=1S/C20H17N3O3S/c24-20(16-5-2-10-23-11-12-27(25,26)22-19(16)23)21-17-9-8-14-7-6-13-3-1-4-15(17)18(13)14/h1-5,8-10H,6-7,11-12H2,(H,21,24). The Hall–Kier alpha value is -2.93. The maximum Gasteiger partial charge on any atom is 0.259 e. The molecule has 0 atom stereocenters. The van der Waals surface area contributed by atoms with Crippen LogP contribution in [0.2, 0.25) is 0 Å². The van der Waals surface area contributed by atoms with Gasteiger partial charge < -0.3 is 10.2 Å². The van der Waals surface area contributed by atoms with E-state index in [4.69, 9.17) is 0 Å². The van der Waals surface area contributed by atoms with Crippen LogP contribution >= 0.6 is 0 Å². The Morgan fingerprint density at radius 2 is 1.93 bits per heavy atom. The van der Waals surface area contributed by atoms with E-state index in [9.17, 15) is 13.2 Å². The molecular weight excluding hydrogens is 362 g/mol. The van der Waals surface area contributed by atoms with E-state index in [-0.39, 0.29) is 23.1 Å². The Balaban J connectivity index is 1.53. The SMILES string of the molecule is O=C(Nc1ccc2c3c(cccc13)CC2)C1=CC=CN2CCS(=O)(=O)N=C12. The van der Waals surface area contributed by atoms with Gasteiger partial charge in [0.1, 0.15) is 0 Å². The summed E-state index contributed by atoms with van der Waals surface area (Å²) >= 11 is 0. The van der Waals surface area contributed by atoms with Gasteiger partial charge in [0, 0.05) is 23.8 Å². The minimum Gasteiger partial charge on any atom is -0.331 e. The van der Waals surface area contributed by atoms with Gasteiger partial charge in [-0.15, -0.1) is 4.40 Å². The Labute approximate surface area is 156 Å².